The minimum absolute atomic E-state index is 0.442. The van der Waals surface area contributed by atoms with Crippen molar-refractivity contribution in [2.24, 2.45) is 5.73 Å². The van der Waals surface area contributed by atoms with Gasteiger partial charge in [0, 0.05) is 0 Å². The zero-order valence-electron chi connectivity index (χ0n) is 9.49. The van der Waals surface area contributed by atoms with Gasteiger partial charge in [0.1, 0.15) is 0 Å². The van der Waals surface area contributed by atoms with Crippen molar-refractivity contribution in [2.75, 3.05) is 0 Å². The lowest BCUT2D eigenvalue weighted by atomic mass is 9.83. The molecule has 0 bridgehead atoms. The van der Waals surface area contributed by atoms with Gasteiger partial charge in [-0.05, 0) is 5.56 Å². The van der Waals surface area contributed by atoms with E-state index in [0.29, 0.717) is 5.56 Å². The van der Waals surface area contributed by atoms with E-state index in [9.17, 15) is 9.59 Å². The Morgan fingerprint density at radius 2 is 1.74 bits per heavy atom. The predicted octanol–water partition coefficient (Wildman–Crippen LogP) is 1.42. The molecule has 1 aromatic rings. The fourth-order valence-electron chi connectivity index (χ4n) is 2.02. The highest BCUT2D eigenvalue weighted by molar-refractivity contribution is 6.68. The Hall–Kier alpha value is -1.01. The molecule has 102 valence electrons. The number of urea groups is 1. The molecule has 19 heavy (non-hydrogen) atoms. The van der Waals surface area contributed by atoms with Crippen molar-refractivity contribution in [1.29, 1.82) is 0 Å². The summed E-state index contributed by atoms with van der Waals surface area (Å²) < 4.78 is -1.93. The molecule has 1 aliphatic rings. The molecule has 5 nitrogen and oxygen atoms in total. The van der Waals surface area contributed by atoms with Crippen molar-refractivity contribution < 1.29 is 9.59 Å². The molecular formula is C11H10Cl3N3O2. The number of hydrogen-bond acceptors (Lipinski definition) is 3. The van der Waals surface area contributed by atoms with Crippen LogP contribution in [0.1, 0.15) is 5.56 Å². The smallest absolute Gasteiger partial charge is 0.321 e. The molecular weight excluding hydrogens is 312 g/mol. The summed E-state index contributed by atoms with van der Waals surface area (Å²) in [7, 11) is 0. The lowest BCUT2D eigenvalue weighted by molar-refractivity contribution is -0.125. The largest absolute Gasteiger partial charge is 0.322 e. The van der Waals surface area contributed by atoms with E-state index in [1.165, 1.54) is 0 Å². The molecule has 8 heteroatoms. The summed E-state index contributed by atoms with van der Waals surface area (Å²) in [6.45, 7) is 0. The third-order valence-electron chi connectivity index (χ3n) is 2.94. The number of halogens is 3. The van der Waals surface area contributed by atoms with Gasteiger partial charge in [-0.25, -0.2) is 4.79 Å². The SMILES string of the molecule is NC(C(Cl)(Cl)Cl)C1(c2ccccc2)NC(=O)NC1=O. The third-order valence-corrected chi connectivity index (χ3v) is 3.65. The van der Waals surface area contributed by atoms with Gasteiger partial charge in [-0.15, -0.1) is 0 Å². The average molecular weight is 323 g/mol. The summed E-state index contributed by atoms with van der Waals surface area (Å²) in [4.78, 5) is 23.6. The topological polar surface area (TPSA) is 84.2 Å². The number of carbonyl (C=O) groups is 2. The van der Waals surface area contributed by atoms with Crippen LogP contribution in [0.25, 0.3) is 0 Å². The number of amides is 3. The van der Waals surface area contributed by atoms with Crippen molar-refractivity contribution in [1.82, 2.24) is 10.6 Å². The van der Waals surface area contributed by atoms with Crippen molar-refractivity contribution in [3.63, 3.8) is 0 Å². The van der Waals surface area contributed by atoms with E-state index in [0.717, 1.165) is 0 Å². The zero-order valence-corrected chi connectivity index (χ0v) is 11.8. The molecule has 0 saturated carbocycles. The molecule has 2 unspecified atom stereocenters. The van der Waals surface area contributed by atoms with Crippen LogP contribution in [0.2, 0.25) is 0 Å². The van der Waals surface area contributed by atoms with Gasteiger partial charge in [0.2, 0.25) is 3.79 Å². The van der Waals surface area contributed by atoms with Crippen LogP contribution in [0, 0.1) is 0 Å². The molecule has 0 radical (unpaired) electrons. The number of rotatable bonds is 2. The molecule has 1 aliphatic heterocycles. The number of imide groups is 1. The van der Waals surface area contributed by atoms with Crippen LogP contribution < -0.4 is 16.4 Å². The number of nitrogens with two attached hydrogens (primary N) is 1. The van der Waals surface area contributed by atoms with E-state index in [1.807, 2.05) is 0 Å². The summed E-state index contributed by atoms with van der Waals surface area (Å²) in [5.74, 6) is -0.650. The van der Waals surface area contributed by atoms with Gasteiger partial charge in [0.15, 0.2) is 5.54 Å². The van der Waals surface area contributed by atoms with E-state index in [1.54, 1.807) is 30.3 Å². The van der Waals surface area contributed by atoms with Crippen LogP contribution in [0.5, 0.6) is 0 Å². The van der Waals surface area contributed by atoms with Gasteiger partial charge in [0.05, 0.1) is 6.04 Å². The molecule has 1 saturated heterocycles. The molecule has 1 aromatic carbocycles. The Labute approximate surface area is 124 Å². The quantitative estimate of drug-likeness (QED) is 0.569. The summed E-state index contributed by atoms with van der Waals surface area (Å²) >= 11 is 17.4. The highest BCUT2D eigenvalue weighted by atomic mass is 35.6. The standard InChI is InChI=1S/C11H10Cl3N3O2/c12-11(13,14)7(15)10(6-4-2-1-3-5-6)8(18)16-9(19)17-10/h1-5,7H,15H2,(H2,16,17,18,19). The Morgan fingerprint density at radius 1 is 1.16 bits per heavy atom. The zero-order chi connectivity index (χ0) is 14.3. The Morgan fingerprint density at radius 3 is 2.16 bits per heavy atom. The number of nitrogens with one attached hydrogen (secondary N) is 2. The number of alkyl halides is 3. The Balaban J connectivity index is 2.58. The molecule has 1 heterocycles. The molecule has 1 fully saturated rings. The first-order valence-corrected chi connectivity index (χ1v) is 6.43. The molecule has 0 aliphatic carbocycles. The molecule has 0 spiro atoms. The molecule has 2 atom stereocenters. The monoisotopic (exact) mass is 321 g/mol. The van der Waals surface area contributed by atoms with Crippen LogP contribution in [-0.2, 0) is 10.3 Å². The fraction of sp³-hybridized carbons (Fsp3) is 0.273. The fourth-order valence-corrected chi connectivity index (χ4v) is 2.51. The van der Waals surface area contributed by atoms with Crippen molar-refractivity contribution >= 4 is 46.7 Å². The lowest BCUT2D eigenvalue weighted by Gasteiger charge is -2.36. The average Bonchev–Trinajstić information content (AvgIpc) is 2.64. The molecule has 4 N–H and O–H groups in total. The van der Waals surface area contributed by atoms with Gasteiger partial charge in [-0.1, -0.05) is 65.1 Å². The molecule has 2 rings (SSSR count). The summed E-state index contributed by atoms with van der Waals surface area (Å²) in [6.07, 6.45) is 0. The van der Waals surface area contributed by atoms with E-state index in [4.69, 9.17) is 40.5 Å². The number of carbonyl (C=O) groups excluding carboxylic acids is 2. The van der Waals surface area contributed by atoms with E-state index < -0.39 is 27.3 Å². The number of hydrogen-bond donors (Lipinski definition) is 3. The summed E-state index contributed by atoms with van der Waals surface area (Å²) in [5.41, 5.74) is 4.74. The third kappa shape index (κ3) is 2.39. The second-order valence-corrected chi connectivity index (χ2v) is 6.47. The second-order valence-electron chi connectivity index (χ2n) is 4.10. The molecule has 3 amide bonds. The first-order valence-electron chi connectivity index (χ1n) is 5.30. The second kappa shape index (κ2) is 4.83. The highest BCUT2D eigenvalue weighted by Gasteiger charge is 2.57. The van der Waals surface area contributed by atoms with Crippen LogP contribution in [0.15, 0.2) is 30.3 Å². The van der Waals surface area contributed by atoms with Gasteiger partial charge < -0.3 is 11.1 Å². The van der Waals surface area contributed by atoms with Crippen LogP contribution >= 0.6 is 34.8 Å². The van der Waals surface area contributed by atoms with Gasteiger partial charge in [-0.3, -0.25) is 10.1 Å². The maximum absolute atomic E-state index is 12.1. The summed E-state index contributed by atoms with van der Waals surface area (Å²) in [5, 5.41) is 4.58. The van der Waals surface area contributed by atoms with Gasteiger partial charge in [0.25, 0.3) is 5.91 Å². The van der Waals surface area contributed by atoms with E-state index in [-0.39, 0.29) is 0 Å². The Kier molecular flexibility index (Phi) is 3.66. The van der Waals surface area contributed by atoms with Crippen molar-refractivity contribution in [3.8, 4) is 0 Å². The summed E-state index contributed by atoms with van der Waals surface area (Å²) in [6, 6.07) is 6.47. The van der Waals surface area contributed by atoms with Crippen LogP contribution in [0.3, 0.4) is 0 Å². The normalized spacial score (nSPS) is 24.8. The minimum Gasteiger partial charge on any atom is -0.321 e. The number of benzene rings is 1. The van der Waals surface area contributed by atoms with Gasteiger partial charge in [-0.2, -0.15) is 0 Å². The minimum atomic E-state index is -1.93. The van der Waals surface area contributed by atoms with Crippen LogP contribution in [0.4, 0.5) is 4.79 Å². The van der Waals surface area contributed by atoms with Crippen LogP contribution in [-0.4, -0.2) is 21.8 Å². The first-order chi connectivity index (χ1) is 8.78. The maximum Gasteiger partial charge on any atom is 0.322 e. The Bertz CT molecular complexity index is 518. The van der Waals surface area contributed by atoms with Crippen molar-refractivity contribution in [2.45, 2.75) is 15.4 Å². The predicted molar refractivity (Wildman–Crippen MR) is 73.1 cm³/mol. The highest BCUT2D eigenvalue weighted by Crippen LogP contribution is 2.40. The lowest BCUT2D eigenvalue weighted by Crippen LogP contribution is -2.62. The van der Waals surface area contributed by atoms with E-state index in [2.05, 4.69) is 10.6 Å². The maximum atomic E-state index is 12.1. The van der Waals surface area contributed by atoms with Gasteiger partial charge >= 0.3 is 6.03 Å². The molecule has 0 aromatic heterocycles. The first kappa shape index (κ1) is 14.4. The van der Waals surface area contributed by atoms with Crippen molar-refractivity contribution in [3.05, 3.63) is 35.9 Å². The van der Waals surface area contributed by atoms with E-state index >= 15 is 0 Å².